The number of fused-ring (bicyclic) bond motifs is 1. The topological polar surface area (TPSA) is 88.8 Å². The molecule has 32 heavy (non-hydrogen) atoms. The molecule has 0 saturated heterocycles. The second-order valence-corrected chi connectivity index (χ2v) is 10.8. The fourth-order valence-electron chi connectivity index (χ4n) is 3.27. The largest absolute Gasteiger partial charge is 0.497 e. The fraction of sp³-hybridized carbons (Fsp3) is 0.174. The number of sulfonamides is 1. The summed E-state index contributed by atoms with van der Waals surface area (Å²) in [4.78, 5) is 13.8. The smallest absolute Gasteiger partial charge is 0.287 e. The number of furan rings is 1. The predicted molar refractivity (Wildman–Crippen MR) is 125 cm³/mol. The Labute approximate surface area is 190 Å². The molecule has 0 spiro atoms. The van der Waals surface area contributed by atoms with Crippen molar-refractivity contribution in [3.05, 3.63) is 71.3 Å². The van der Waals surface area contributed by atoms with Crippen molar-refractivity contribution >= 4 is 38.2 Å². The molecule has 4 rings (SSSR count). The number of nitrogens with zero attached hydrogens (tertiary/aromatic N) is 1. The highest BCUT2D eigenvalue weighted by atomic mass is 32.2. The SMILES string of the molecule is COc1ccc2c(-c3ccccc3)c(C(=O)NCc3ccc(S(=O)(=O)N(C)C)s3)oc2c1. The van der Waals surface area contributed by atoms with Gasteiger partial charge in [0.05, 0.1) is 13.7 Å². The first-order valence-corrected chi connectivity index (χ1v) is 12.0. The Morgan fingerprint density at radius 2 is 1.84 bits per heavy atom. The van der Waals surface area contributed by atoms with E-state index >= 15 is 0 Å². The molecule has 2 heterocycles. The normalized spacial score (nSPS) is 11.8. The molecule has 0 fully saturated rings. The lowest BCUT2D eigenvalue weighted by Gasteiger charge is -2.08. The van der Waals surface area contributed by atoms with Crippen LogP contribution in [0.5, 0.6) is 5.75 Å². The Morgan fingerprint density at radius 3 is 2.53 bits per heavy atom. The van der Waals surface area contributed by atoms with Gasteiger partial charge < -0.3 is 14.5 Å². The van der Waals surface area contributed by atoms with Crippen LogP contribution in [0.2, 0.25) is 0 Å². The second kappa shape index (κ2) is 8.78. The maximum Gasteiger partial charge on any atom is 0.287 e. The van der Waals surface area contributed by atoms with Crippen molar-refractivity contribution in [3.8, 4) is 16.9 Å². The minimum atomic E-state index is -3.50. The summed E-state index contributed by atoms with van der Waals surface area (Å²) in [7, 11) is 1.03. The van der Waals surface area contributed by atoms with E-state index in [4.69, 9.17) is 9.15 Å². The summed E-state index contributed by atoms with van der Waals surface area (Å²) >= 11 is 1.12. The Bertz CT molecular complexity index is 1370. The van der Waals surface area contributed by atoms with Gasteiger partial charge in [-0.2, -0.15) is 0 Å². The van der Waals surface area contributed by atoms with Gasteiger partial charge >= 0.3 is 0 Å². The minimum Gasteiger partial charge on any atom is -0.497 e. The average molecular weight is 471 g/mol. The maximum atomic E-state index is 13.1. The van der Waals surface area contributed by atoms with E-state index in [1.807, 2.05) is 42.5 Å². The summed E-state index contributed by atoms with van der Waals surface area (Å²) in [5.74, 6) is 0.438. The third kappa shape index (κ3) is 4.14. The number of carbonyl (C=O) groups excluding carboxylic acids is 1. The zero-order valence-electron chi connectivity index (χ0n) is 17.8. The first kappa shape index (κ1) is 22.1. The molecule has 1 amide bonds. The molecule has 9 heteroatoms. The standard InChI is InChI=1S/C23H22N2O5S2/c1-25(2)32(27,28)20-12-10-17(31-20)14-24-23(26)22-21(15-7-5-4-6-8-15)18-11-9-16(29-3)13-19(18)30-22/h4-13H,14H2,1-3H3,(H,24,26). The van der Waals surface area contributed by atoms with Crippen LogP contribution in [0, 0.1) is 0 Å². The van der Waals surface area contributed by atoms with Crippen LogP contribution in [0.1, 0.15) is 15.4 Å². The van der Waals surface area contributed by atoms with Crippen molar-refractivity contribution in [2.75, 3.05) is 21.2 Å². The molecule has 1 N–H and O–H groups in total. The lowest BCUT2D eigenvalue weighted by molar-refractivity contribution is 0.0926. The summed E-state index contributed by atoms with van der Waals surface area (Å²) in [6.45, 7) is 0.182. The molecule has 0 unspecified atom stereocenters. The van der Waals surface area contributed by atoms with Crippen LogP contribution in [-0.4, -0.2) is 39.8 Å². The number of amides is 1. The summed E-state index contributed by atoms with van der Waals surface area (Å²) in [5.41, 5.74) is 2.10. The first-order valence-electron chi connectivity index (χ1n) is 9.76. The van der Waals surface area contributed by atoms with E-state index in [2.05, 4.69) is 5.32 Å². The number of nitrogens with one attached hydrogen (secondary N) is 1. The molecule has 2 aromatic heterocycles. The van der Waals surface area contributed by atoms with E-state index in [0.29, 0.717) is 16.9 Å². The maximum absolute atomic E-state index is 13.1. The summed E-state index contributed by atoms with van der Waals surface area (Å²) in [5, 5.41) is 3.65. The Kier molecular flexibility index (Phi) is 6.05. The van der Waals surface area contributed by atoms with E-state index in [0.717, 1.165) is 31.5 Å². The number of benzene rings is 2. The molecule has 0 aliphatic carbocycles. The molecule has 0 bridgehead atoms. The number of hydrogen-bond acceptors (Lipinski definition) is 6. The molecular weight excluding hydrogens is 448 g/mol. The second-order valence-electron chi connectivity index (χ2n) is 7.23. The zero-order chi connectivity index (χ0) is 22.9. The Balaban J connectivity index is 1.65. The van der Waals surface area contributed by atoms with Crippen molar-refractivity contribution in [3.63, 3.8) is 0 Å². The molecule has 4 aromatic rings. The van der Waals surface area contributed by atoms with Gasteiger partial charge in [0.2, 0.25) is 5.76 Å². The van der Waals surface area contributed by atoms with Crippen molar-refractivity contribution in [2.45, 2.75) is 10.8 Å². The number of carbonyl (C=O) groups is 1. The highest BCUT2D eigenvalue weighted by Crippen LogP contribution is 2.36. The molecule has 0 aliphatic rings. The predicted octanol–water partition coefficient (Wildman–Crippen LogP) is 4.35. The Morgan fingerprint density at radius 1 is 1.09 bits per heavy atom. The van der Waals surface area contributed by atoms with E-state index < -0.39 is 10.0 Å². The van der Waals surface area contributed by atoms with Gasteiger partial charge in [0.1, 0.15) is 15.5 Å². The number of ether oxygens (including phenoxy) is 1. The quantitative estimate of drug-likeness (QED) is 0.434. The van der Waals surface area contributed by atoms with Crippen molar-refractivity contribution in [2.24, 2.45) is 0 Å². The third-order valence-electron chi connectivity index (χ3n) is 4.96. The van der Waals surface area contributed by atoms with E-state index in [1.54, 1.807) is 25.3 Å². The molecule has 2 aromatic carbocycles. The van der Waals surface area contributed by atoms with Crippen LogP contribution >= 0.6 is 11.3 Å². The summed E-state index contributed by atoms with van der Waals surface area (Å²) in [6.07, 6.45) is 0. The van der Waals surface area contributed by atoms with Gasteiger partial charge in [-0.3, -0.25) is 4.79 Å². The fourth-order valence-corrected chi connectivity index (χ4v) is 5.74. The highest BCUT2D eigenvalue weighted by Gasteiger charge is 2.23. The molecule has 166 valence electrons. The number of methoxy groups -OCH3 is 1. The number of rotatable bonds is 7. The minimum absolute atomic E-state index is 0.182. The van der Waals surface area contributed by atoms with E-state index in [1.165, 1.54) is 14.1 Å². The van der Waals surface area contributed by atoms with Gasteiger partial charge in [-0.15, -0.1) is 11.3 Å². The summed E-state index contributed by atoms with van der Waals surface area (Å²) < 4.78 is 37.2. The van der Waals surface area contributed by atoms with E-state index in [-0.39, 0.29) is 22.4 Å². The third-order valence-corrected chi connectivity index (χ3v) is 8.33. The van der Waals surface area contributed by atoms with Gasteiger partial charge in [-0.1, -0.05) is 30.3 Å². The van der Waals surface area contributed by atoms with Gasteiger partial charge in [0.25, 0.3) is 15.9 Å². The van der Waals surface area contributed by atoms with Crippen LogP contribution < -0.4 is 10.1 Å². The van der Waals surface area contributed by atoms with E-state index in [9.17, 15) is 13.2 Å². The van der Waals surface area contributed by atoms with Crippen molar-refractivity contribution < 1.29 is 22.4 Å². The van der Waals surface area contributed by atoms with Crippen LogP contribution in [0.15, 0.2) is 69.3 Å². The first-order chi connectivity index (χ1) is 15.3. The average Bonchev–Trinajstić information content (AvgIpc) is 3.42. The highest BCUT2D eigenvalue weighted by molar-refractivity contribution is 7.91. The van der Waals surface area contributed by atoms with Crippen LogP contribution in [0.25, 0.3) is 22.1 Å². The number of hydrogen-bond donors (Lipinski definition) is 1. The van der Waals surface area contributed by atoms with Crippen LogP contribution in [-0.2, 0) is 16.6 Å². The van der Waals surface area contributed by atoms with Gasteiger partial charge in [-0.25, -0.2) is 12.7 Å². The molecule has 7 nitrogen and oxygen atoms in total. The van der Waals surface area contributed by atoms with Gasteiger partial charge in [0, 0.05) is 36.0 Å². The molecule has 0 radical (unpaired) electrons. The van der Waals surface area contributed by atoms with Crippen molar-refractivity contribution in [1.82, 2.24) is 9.62 Å². The molecule has 0 saturated carbocycles. The molecule has 0 atom stereocenters. The van der Waals surface area contributed by atoms with Gasteiger partial charge in [0.15, 0.2) is 0 Å². The molecular formula is C23H22N2O5S2. The molecule has 0 aliphatic heterocycles. The lowest BCUT2D eigenvalue weighted by atomic mass is 10.0. The zero-order valence-corrected chi connectivity index (χ0v) is 19.4. The lowest BCUT2D eigenvalue weighted by Crippen LogP contribution is -2.22. The number of thiophene rings is 1. The van der Waals surface area contributed by atoms with Gasteiger partial charge in [-0.05, 0) is 29.8 Å². The monoisotopic (exact) mass is 470 g/mol. The van der Waals surface area contributed by atoms with Crippen LogP contribution in [0.3, 0.4) is 0 Å². The summed E-state index contributed by atoms with van der Waals surface area (Å²) in [6, 6.07) is 18.2. The van der Waals surface area contributed by atoms with Crippen molar-refractivity contribution in [1.29, 1.82) is 0 Å². The van der Waals surface area contributed by atoms with Crippen LogP contribution in [0.4, 0.5) is 0 Å². The Hall–Kier alpha value is -3.14.